The molecule has 0 aliphatic carbocycles. The molecule has 132 valence electrons. The van der Waals surface area contributed by atoms with E-state index in [1.165, 1.54) is 36.4 Å². The maximum absolute atomic E-state index is 13.1. The van der Waals surface area contributed by atoms with Gasteiger partial charge < -0.3 is 0 Å². The van der Waals surface area contributed by atoms with Gasteiger partial charge in [-0.3, -0.25) is 10.1 Å². The lowest BCUT2D eigenvalue weighted by atomic mass is 10.1. The van der Waals surface area contributed by atoms with Crippen molar-refractivity contribution < 1.29 is 21.8 Å². The molecule has 0 saturated carbocycles. The molecule has 0 bridgehead atoms. The summed E-state index contributed by atoms with van der Waals surface area (Å²) in [6, 6.07) is 13.7. The predicted octanol–water partition coefficient (Wildman–Crippen LogP) is 2.65. The molecular formula is C16H10N2O6S2. The molecule has 3 aromatic carbocycles. The van der Waals surface area contributed by atoms with Crippen LogP contribution in [0.1, 0.15) is 0 Å². The Morgan fingerprint density at radius 2 is 1.58 bits per heavy atom. The summed E-state index contributed by atoms with van der Waals surface area (Å²) >= 11 is 0. The molecule has 10 heteroatoms. The largest absolute Gasteiger partial charge is 0.289 e. The van der Waals surface area contributed by atoms with Crippen molar-refractivity contribution in [1.29, 1.82) is 0 Å². The standard InChI is InChI=1S/C16H10N2O6S2/c19-17(20)12-7-1-2-9-14(12)25(21,22)18-13-8-3-5-11-6-4-10-15(16(11)13)26(18,23)24/h1-10H. The van der Waals surface area contributed by atoms with E-state index in [0.29, 0.717) is 5.39 Å². The van der Waals surface area contributed by atoms with E-state index >= 15 is 0 Å². The minimum Gasteiger partial charge on any atom is -0.258 e. The number of para-hydroxylation sites is 1. The second-order valence-electron chi connectivity index (χ2n) is 5.56. The predicted molar refractivity (Wildman–Crippen MR) is 93.9 cm³/mol. The first kappa shape index (κ1) is 16.5. The molecule has 3 aromatic rings. The fraction of sp³-hybridized carbons (Fsp3) is 0. The molecule has 0 N–H and O–H groups in total. The molecule has 0 atom stereocenters. The van der Waals surface area contributed by atoms with E-state index in [0.717, 1.165) is 12.1 Å². The van der Waals surface area contributed by atoms with Crippen molar-refractivity contribution in [3.8, 4) is 0 Å². The first-order chi connectivity index (χ1) is 12.3. The molecule has 0 amide bonds. The van der Waals surface area contributed by atoms with E-state index in [2.05, 4.69) is 0 Å². The van der Waals surface area contributed by atoms with Crippen molar-refractivity contribution in [2.75, 3.05) is 3.71 Å². The smallest absolute Gasteiger partial charge is 0.258 e. The van der Waals surface area contributed by atoms with Gasteiger partial charge in [-0.2, -0.15) is 20.5 Å². The van der Waals surface area contributed by atoms with Crippen molar-refractivity contribution in [3.05, 3.63) is 70.8 Å². The number of nitro groups is 1. The van der Waals surface area contributed by atoms with E-state index < -0.39 is 35.6 Å². The molecule has 0 aromatic heterocycles. The Bertz CT molecular complexity index is 1290. The topological polar surface area (TPSA) is 115 Å². The maximum atomic E-state index is 13.1. The third-order valence-corrected chi connectivity index (χ3v) is 8.34. The molecule has 8 nitrogen and oxygen atoms in total. The van der Waals surface area contributed by atoms with Crippen LogP contribution in [0, 0.1) is 10.1 Å². The van der Waals surface area contributed by atoms with Crippen LogP contribution < -0.4 is 3.71 Å². The average Bonchev–Trinajstić information content (AvgIpc) is 2.84. The molecule has 4 rings (SSSR count). The Hall–Kier alpha value is -2.98. The van der Waals surface area contributed by atoms with Crippen molar-refractivity contribution in [2.24, 2.45) is 0 Å². The van der Waals surface area contributed by atoms with E-state index in [1.54, 1.807) is 12.1 Å². The monoisotopic (exact) mass is 390 g/mol. The van der Waals surface area contributed by atoms with Crippen molar-refractivity contribution in [1.82, 2.24) is 0 Å². The molecule has 0 saturated heterocycles. The number of hydrogen-bond donors (Lipinski definition) is 0. The van der Waals surface area contributed by atoms with Crippen molar-refractivity contribution in [3.63, 3.8) is 0 Å². The third kappa shape index (κ3) is 2.06. The van der Waals surface area contributed by atoms with Gasteiger partial charge in [0, 0.05) is 11.5 Å². The summed E-state index contributed by atoms with van der Waals surface area (Å²) in [6.45, 7) is 0. The minimum absolute atomic E-state index is 0.0451. The Labute approximate surface area is 148 Å². The summed E-state index contributed by atoms with van der Waals surface area (Å²) in [7, 11) is -9.16. The van der Waals surface area contributed by atoms with Crippen LogP contribution in [-0.4, -0.2) is 21.8 Å². The fourth-order valence-corrected chi connectivity index (χ4v) is 7.13. The molecule has 0 fully saturated rings. The molecule has 26 heavy (non-hydrogen) atoms. The quantitative estimate of drug-likeness (QED) is 0.502. The second-order valence-corrected chi connectivity index (χ2v) is 9.30. The van der Waals surface area contributed by atoms with Gasteiger partial charge in [-0.05, 0) is 23.6 Å². The van der Waals surface area contributed by atoms with Crippen LogP contribution >= 0.6 is 0 Å². The van der Waals surface area contributed by atoms with Gasteiger partial charge in [0.25, 0.3) is 25.7 Å². The molecule has 0 unspecified atom stereocenters. The Balaban J connectivity index is 2.07. The molecular weight excluding hydrogens is 380 g/mol. The van der Waals surface area contributed by atoms with Gasteiger partial charge in [0.15, 0.2) is 4.90 Å². The van der Waals surface area contributed by atoms with E-state index in [4.69, 9.17) is 0 Å². The van der Waals surface area contributed by atoms with E-state index in [1.807, 2.05) is 0 Å². The van der Waals surface area contributed by atoms with Crippen LogP contribution in [0.2, 0.25) is 0 Å². The van der Waals surface area contributed by atoms with Crippen LogP contribution in [0.4, 0.5) is 11.4 Å². The summed E-state index contributed by atoms with van der Waals surface area (Å²) in [6.07, 6.45) is 0. The highest BCUT2D eigenvalue weighted by Crippen LogP contribution is 2.45. The number of benzene rings is 3. The average molecular weight is 390 g/mol. The van der Waals surface area contributed by atoms with E-state index in [-0.39, 0.29) is 19.7 Å². The van der Waals surface area contributed by atoms with Gasteiger partial charge in [-0.25, -0.2) is 0 Å². The molecule has 1 heterocycles. The number of rotatable bonds is 3. The van der Waals surface area contributed by atoms with Gasteiger partial charge in [-0.15, -0.1) is 0 Å². The highest BCUT2D eigenvalue weighted by molar-refractivity contribution is 8.10. The van der Waals surface area contributed by atoms with Gasteiger partial charge >= 0.3 is 0 Å². The lowest BCUT2D eigenvalue weighted by Crippen LogP contribution is -2.34. The lowest BCUT2D eigenvalue weighted by Gasteiger charge is -2.18. The summed E-state index contributed by atoms with van der Waals surface area (Å²) in [5.74, 6) is 0. The molecule has 0 spiro atoms. The number of sulfonamides is 2. The van der Waals surface area contributed by atoms with E-state index in [9.17, 15) is 26.9 Å². The van der Waals surface area contributed by atoms with Crippen LogP contribution in [-0.2, 0) is 20.0 Å². The maximum Gasteiger partial charge on any atom is 0.289 e. The Kier molecular flexibility index (Phi) is 3.33. The SMILES string of the molecule is O=[N+]([O-])c1ccccc1S(=O)(=O)N1c2cccc3cccc(c23)S1(=O)=O. The number of anilines is 1. The van der Waals surface area contributed by atoms with Crippen molar-refractivity contribution in [2.45, 2.75) is 9.79 Å². The van der Waals surface area contributed by atoms with Crippen LogP contribution in [0.5, 0.6) is 0 Å². The number of nitrogens with zero attached hydrogens (tertiary/aromatic N) is 2. The van der Waals surface area contributed by atoms with Crippen LogP contribution in [0.25, 0.3) is 10.8 Å². The zero-order valence-electron chi connectivity index (χ0n) is 12.9. The summed E-state index contributed by atoms with van der Waals surface area (Å²) in [4.78, 5) is 9.54. The highest BCUT2D eigenvalue weighted by Gasteiger charge is 2.45. The van der Waals surface area contributed by atoms with Crippen LogP contribution in [0.3, 0.4) is 0 Å². The molecule has 1 aliphatic heterocycles. The zero-order valence-corrected chi connectivity index (χ0v) is 14.6. The van der Waals surface area contributed by atoms with Crippen molar-refractivity contribution >= 4 is 42.2 Å². The number of nitro benzene ring substituents is 1. The summed E-state index contributed by atoms with van der Waals surface area (Å²) in [5.41, 5.74) is -0.734. The first-order valence-electron chi connectivity index (χ1n) is 7.32. The Morgan fingerprint density at radius 1 is 0.923 bits per heavy atom. The lowest BCUT2D eigenvalue weighted by molar-refractivity contribution is -0.387. The summed E-state index contributed by atoms with van der Waals surface area (Å²) in [5, 5.41) is 12.1. The van der Waals surface area contributed by atoms with Crippen LogP contribution in [0.15, 0.2) is 70.5 Å². The minimum atomic E-state index is -4.73. The second kappa shape index (κ2) is 5.26. The zero-order chi connectivity index (χ0) is 18.7. The fourth-order valence-electron chi connectivity index (χ4n) is 3.05. The number of hydrogen-bond acceptors (Lipinski definition) is 6. The van der Waals surface area contributed by atoms with Gasteiger partial charge in [0.05, 0.1) is 15.5 Å². The van der Waals surface area contributed by atoms with Gasteiger partial charge in [0.1, 0.15) is 0 Å². The normalized spacial score (nSPS) is 15.3. The summed E-state index contributed by atoms with van der Waals surface area (Å²) < 4.78 is 52.4. The Morgan fingerprint density at radius 3 is 2.27 bits per heavy atom. The first-order valence-corrected chi connectivity index (χ1v) is 10.2. The van der Waals surface area contributed by atoms with Gasteiger partial charge in [-0.1, -0.05) is 36.4 Å². The van der Waals surface area contributed by atoms with Gasteiger partial charge in [0.2, 0.25) is 0 Å². The molecule has 0 radical (unpaired) electrons. The molecule has 1 aliphatic rings. The third-order valence-electron chi connectivity index (χ3n) is 4.10. The highest BCUT2D eigenvalue weighted by atomic mass is 32.3.